The molecule has 0 N–H and O–H groups in total. The first-order chi connectivity index (χ1) is 13.5. The van der Waals surface area contributed by atoms with Gasteiger partial charge in [-0.25, -0.2) is 0 Å². The molecule has 2 aliphatic carbocycles. The monoisotopic (exact) mass is 382 g/mol. The molecule has 29 heavy (non-hydrogen) atoms. The number of hydrogen-bond donors (Lipinski definition) is 0. The summed E-state index contributed by atoms with van der Waals surface area (Å²) in [6, 6.07) is 9.34. The molecule has 0 saturated heterocycles. The highest BCUT2D eigenvalue weighted by Gasteiger charge is 2.24. The van der Waals surface area contributed by atoms with Gasteiger partial charge in [-0.3, -0.25) is 0 Å². The Labute approximate surface area is 175 Å². The van der Waals surface area contributed by atoms with Crippen molar-refractivity contribution in [2.45, 2.75) is 72.6 Å². The van der Waals surface area contributed by atoms with Crippen LogP contribution in [0.1, 0.15) is 84.1 Å². The first kappa shape index (κ1) is 20.0. The van der Waals surface area contributed by atoms with Crippen LogP contribution in [0, 0.1) is 10.4 Å². The lowest BCUT2D eigenvalue weighted by atomic mass is 9.80. The third-order valence-corrected chi connectivity index (χ3v) is 6.26. The number of allylic oxidation sites excluding steroid dienone is 4. The van der Waals surface area contributed by atoms with Crippen LogP contribution in [0.4, 0.5) is 0 Å². The van der Waals surface area contributed by atoms with Crippen LogP contribution < -0.4 is 10.4 Å². The van der Waals surface area contributed by atoms with Gasteiger partial charge in [0.05, 0.1) is 0 Å². The van der Waals surface area contributed by atoms with Crippen LogP contribution in [0.5, 0.6) is 0 Å². The second kappa shape index (κ2) is 6.59. The van der Waals surface area contributed by atoms with E-state index in [1.54, 1.807) is 0 Å². The minimum absolute atomic E-state index is 0.0906. The number of rotatable bonds is 1. The van der Waals surface area contributed by atoms with Gasteiger partial charge >= 0.3 is 0 Å². The molecule has 0 radical (unpaired) electrons. The van der Waals surface area contributed by atoms with E-state index in [0.29, 0.717) is 0 Å². The first-order valence-electron chi connectivity index (χ1n) is 10.9. The minimum Gasteiger partial charge on any atom is -0.0801 e. The van der Waals surface area contributed by atoms with Crippen molar-refractivity contribution in [3.05, 3.63) is 85.6 Å². The Balaban J connectivity index is 2.28. The molecular formula is C29H34. The highest BCUT2D eigenvalue weighted by atomic mass is 14.3. The predicted molar refractivity (Wildman–Crippen MR) is 127 cm³/mol. The second-order valence-corrected chi connectivity index (χ2v) is 10.9. The highest BCUT2D eigenvalue weighted by Crippen LogP contribution is 2.31. The van der Waals surface area contributed by atoms with E-state index in [1.165, 1.54) is 54.3 Å². The zero-order chi connectivity index (χ0) is 21.1. The Bertz CT molecular complexity index is 1280. The lowest BCUT2D eigenvalue weighted by Gasteiger charge is -2.24. The lowest BCUT2D eigenvalue weighted by molar-refractivity contribution is 0.584. The van der Waals surface area contributed by atoms with Crippen LogP contribution in [0.15, 0.2) is 42.5 Å². The Morgan fingerprint density at radius 2 is 1.55 bits per heavy atom. The van der Waals surface area contributed by atoms with Gasteiger partial charge in [-0.05, 0) is 91.9 Å². The van der Waals surface area contributed by atoms with Gasteiger partial charge in [0.15, 0.2) is 0 Å². The summed E-state index contributed by atoms with van der Waals surface area (Å²) in [5.41, 5.74) is 8.83. The predicted octanol–water partition coefficient (Wildman–Crippen LogP) is 6.24. The molecular weight excluding hydrogens is 348 g/mol. The fourth-order valence-corrected chi connectivity index (χ4v) is 4.90. The molecule has 0 heterocycles. The molecule has 2 aliphatic rings. The molecule has 0 atom stereocenters. The van der Waals surface area contributed by atoms with E-state index < -0.39 is 0 Å². The summed E-state index contributed by atoms with van der Waals surface area (Å²) < 4.78 is 0. The topological polar surface area (TPSA) is 0 Å². The van der Waals surface area contributed by atoms with Crippen LogP contribution in [0.25, 0.3) is 17.2 Å². The lowest BCUT2D eigenvalue weighted by Crippen LogP contribution is -2.27. The fourth-order valence-electron chi connectivity index (χ4n) is 4.90. The van der Waals surface area contributed by atoms with Crippen molar-refractivity contribution in [1.82, 2.24) is 0 Å². The van der Waals surface area contributed by atoms with Crippen molar-refractivity contribution in [2.24, 2.45) is 0 Å². The average molecular weight is 383 g/mol. The average Bonchev–Trinajstić information content (AvgIpc) is 3.25. The van der Waals surface area contributed by atoms with Crippen LogP contribution >= 0.6 is 0 Å². The molecule has 4 rings (SSSR count). The van der Waals surface area contributed by atoms with Crippen molar-refractivity contribution in [1.29, 1.82) is 0 Å². The van der Waals surface area contributed by atoms with Crippen molar-refractivity contribution >= 4 is 17.2 Å². The minimum atomic E-state index is 0.0906. The van der Waals surface area contributed by atoms with Gasteiger partial charge in [0.1, 0.15) is 0 Å². The van der Waals surface area contributed by atoms with Crippen LogP contribution in [0.3, 0.4) is 0 Å². The maximum Gasteiger partial charge on any atom is -0.00674 e. The molecule has 2 aromatic carbocycles. The summed E-state index contributed by atoms with van der Waals surface area (Å²) in [5, 5.41) is 5.66. The van der Waals surface area contributed by atoms with Gasteiger partial charge in [0, 0.05) is 0 Å². The number of hydrogen-bond acceptors (Lipinski definition) is 0. The molecule has 0 aromatic heterocycles. The van der Waals surface area contributed by atoms with E-state index in [4.69, 9.17) is 0 Å². The molecule has 150 valence electrons. The van der Waals surface area contributed by atoms with Gasteiger partial charge < -0.3 is 0 Å². The van der Waals surface area contributed by atoms with Crippen molar-refractivity contribution in [3.63, 3.8) is 0 Å². The molecule has 2 aromatic rings. The Hall–Kier alpha value is -2.34. The van der Waals surface area contributed by atoms with Gasteiger partial charge in [0.2, 0.25) is 0 Å². The number of fused-ring (bicyclic) bond motifs is 2. The molecule has 0 bridgehead atoms. The van der Waals surface area contributed by atoms with E-state index in [0.717, 1.165) is 6.42 Å². The molecule has 0 fully saturated rings. The van der Waals surface area contributed by atoms with Crippen LogP contribution in [-0.2, 0) is 10.8 Å². The Kier molecular flexibility index (Phi) is 4.53. The summed E-state index contributed by atoms with van der Waals surface area (Å²) in [6.45, 7) is 18.5. The standard InChI is InChI=1S/C29H34/c1-18(2)26-25(29(6,7)8)17-21-20-14-11-15-24(28(3,4)5)22(20)16-23(21)27(26)19-12-9-10-13-19/h9-12,14-17H,13H2,1-8H3. The van der Waals surface area contributed by atoms with Crippen LogP contribution in [0.2, 0.25) is 0 Å². The maximum atomic E-state index is 2.48. The van der Waals surface area contributed by atoms with Crippen molar-refractivity contribution in [3.8, 4) is 0 Å². The Morgan fingerprint density at radius 3 is 2.10 bits per heavy atom. The molecule has 0 nitrogen and oxygen atoms in total. The van der Waals surface area contributed by atoms with Gasteiger partial charge in [-0.15, -0.1) is 0 Å². The van der Waals surface area contributed by atoms with E-state index in [2.05, 4.69) is 104 Å². The Morgan fingerprint density at radius 1 is 0.862 bits per heavy atom. The summed E-state index contributed by atoms with van der Waals surface area (Å²) in [6.07, 6.45) is 10.3. The van der Waals surface area contributed by atoms with Gasteiger partial charge in [-0.1, -0.05) is 83.5 Å². The number of benzene rings is 2. The van der Waals surface area contributed by atoms with Crippen LogP contribution in [-0.4, -0.2) is 0 Å². The maximum absolute atomic E-state index is 2.48. The molecule has 0 amide bonds. The molecule has 0 heteroatoms. The molecule has 0 spiro atoms. The highest BCUT2D eigenvalue weighted by molar-refractivity contribution is 5.81. The second-order valence-electron chi connectivity index (χ2n) is 10.9. The summed E-state index contributed by atoms with van der Waals surface area (Å²) in [4.78, 5) is 0. The summed E-state index contributed by atoms with van der Waals surface area (Å²) in [7, 11) is 0. The van der Waals surface area contributed by atoms with E-state index in [-0.39, 0.29) is 10.8 Å². The van der Waals surface area contributed by atoms with E-state index in [1.807, 2.05) is 0 Å². The quantitative estimate of drug-likeness (QED) is 0.467. The zero-order valence-corrected chi connectivity index (χ0v) is 19.3. The van der Waals surface area contributed by atoms with Gasteiger partial charge in [0.25, 0.3) is 0 Å². The molecule has 0 saturated carbocycles. The normalized spacial score (nSPS) is 15.1. The SMILES string of the molecule is CC(C)=c1c(C(C)(C)C)cc2c(c1C1=CC=CC1)C=c1c(C(C)(C)C)cccc1=2. The molecule has 0 unspecified atom stereocenters. The third kappa shape index (κ3) is 3.23. The largest absolute Gasteiger partial charge is 0.0801 e. The van der Waals surface area contributed by atoms with E-state index in [9.17, 15) is 0 Å². The van der Waals surface area contributed by atoms with Crippen molar-refractivity contribution in [2.75, 3.05) is 0 Å². The molecule has 0 aliphatic heterocycles. The fraction of sp³-hybridized carbons (Fsp3) is 0.379. The third-order valence-electron chi connectivity index (χ3n) is 6.26. The van der Waals surface area contributed by atoms with Gasteiger partial charge in [-0.2, -0.15) is 0 Å². The first-order valence-corrected chi connectivity index (χ1v) is 10.9. The van der Waals surface area contributed by atoms with Crippen molar-refractivity contribution < 1.29 is 0 Å². The smallest absolute Gasteiger partial charge is 0.00674 e. The van der Waals surface area contributed by atoms with E-state index >= 15 is 0 Å². The zero-order valence-electron chi connectivity index (χ0n) is 19.3. The summed E-state index contributed by atoms with van der Waals surface area (Å²) in [5.74, 6) is 0. The summed E-state index contributed by atoms with van der Waals surface area (Å²) >= 11 is 0.